The van der Waals surface area contributed by atoms with E-state index in [0.717, 1.165) is 0 Å². The Kier molecular flexibility index (Phi) is 4.03. The van der Waals surface area contributed by atoms with Crippen molar-refractivity contribution in [2.24, 2.45) is 5.41 Å². The largest absolute Gasteiger partial charge is 0.493 e. The van der Waals surface area contributed by atoms with Crippen LogP contribution >= 0.6 is 21.6 Å². The number of benzene rings is 1. The molecular formula is C20H21N3O5S2. The van der Waals surface area contributed by atoms with Gasteiger partial charge in [-0.05, 0) is 31.0 Å². The molecule has 0 aliphatic carbocycles. The van der Waals surface area contributed by atoms with Crippen LogP contribution in [0, 0.1) is 16.7 Å². The van der Waals surface area contributed by atoms with Gasteiger partial charge in [-0.15, -0.1) is 0 Å². The highest BCUT2D eigenvalue weighted by atomic mass is 33.1. The van der Waals surface area contributed by atoms with E-state index in [1.54, 1.807) is 31.0 Å². The second-order valence-corrected chi connectivity index (χ2v) is 10.9. The van der Waals surface area contributed by atoms with Crippen molar-refractivity contribution in [2.75, 3.05) is 21.0 Å². The van der Waals surface area contributed by atoms with Crippen LogP contribution in [0.5, 0.6) is 17.2 Å². The van der Waals surface area contributed by atoms with Crippen LogP contribution in [-0.2, 0) is 9.59 Å². The molecule has 5 aliphatic rings. The van der Waals surface area contributed by atoms with Crippen LogP contribution in [-0.4, -0.2) is 52.3 Å². The highest BCUT2D eigenvalue weighted by molar-refractivity contribution is 8.78. The summed E-state index contributed by atoms with van der Waals surface area (Å²) in [6.07, 6.45) is 0.770. The number of piperazine rings is 1. The summed E-state index contributed by atoms with van der Waals surface area (Å²) in [5, 5.41) is 10.3. The molecule has 0 radical (unpaired) electrons. The van der Waals surface area contributed by atoms with Gasteiger partial charge in [0, 0.05) is 13.5 Å². The van der Waals surface area contributed by atoms with Gasteiger partial charge in [0.2, 0.25) is 12.5 Å². The van der Waals surface area contributed by atoms with Crippen LogP contribution in [0.25, 0.3) is 0 Å². The lowest BCUT2D eigenvalue weighted by Crippen LogP contribution is -2.73. The number of carbonyl (C=O) groups is 2. The van der Waals surface area contributed by atoms with Gasteiger partial charge in [-0.3, -0.25) is 9.59 Å². The van der Waals surface area contributed by atoms with E-state index in [1.165, 1.54) is 33.6 Å². The van der Waals surface area contributed by atoms with Crippen molar-refractivity contribution < 1.29 is 23.8 Å². The molecule has 8 nitrogen and oxygen atoms in total. The van der Waals surface area contributed by atoms with E-state index in [9.17, 15) is 14.9 Å². The van der Waals surface area contributed by atoms with E-state index in [2.05, 4.69) is 6.07 Å². The molecule has 4 saturated heterocycles. The third-order valence-corrected chi connectivity index (χ3v) is 10.5. The first-order valence-electron chi connectivity index (χ1n) is 9.65. The van der Waals surface area contributed by atoms with Gasteiger partial charge in [0.25, 0.3) is 11.8 Å². The minimum absolute atomic E-state index is 0.0808. The predicted octanol–water partition coefficient (Wildman–Crippen LogP) is 2.90. The second kappa shape index (κ2) is 6.14. The Morgan fingerprint density at radius 2 is 2.07 bits per heavy atom. The normalized spacial score (nSPS) is 36.2. The van der Waals surface area contributed by atoms with Gasteiger partial charge in [-0.2, -0.15) is 5.26 Å². The molecule has 2 amide bonds. The number of nitrogens with zero attached hydrogens (tertiary/aromatic N) is 3. The number of hydrogen-bond acceptors (Lipinski definition) is 8. The molecular weight excluding hydrogens is 426 g/mol. The number of amides is 2. The summed E-state index contributed by atoms with van der Waals surface area (Å²) in [5.74, 6) is 1.22. The van der Waals surface area contributed by atoms with Gasteiger partial charge in [0.15, 0.2) is 21.2 Å². The average Bonchev–Trinajstić information content (AvgIpc) is 3.35. The molecule has 5 heterocycles. The molecule has 2 bridgehead atoms. The van der Waals surface area contributed by atoms with Crippen LogP contribution in [0.4, 0.5) is 0 Å². The fourth-order valence-corrected chi connectivity index (χ4v) is 8.51. The maximum absolute atomic E-state index is 13.7. The molecule has 158 valence electrons. The van der Waals surface area contributed by atoms with Crippen molar-refractivity contribution in [1.82, 2.24) is 9.80 Å². The number of fused-ring (bicyclic) bond motifs is 3. The molecule has 5 aliphatic heterocycles. The average molecular weight is 448 g/mol. The Morgan fingerprint density at radius 1 is 1.30 bits per heavy atom. The number of rotatable bonds is 3. The van der Waals surface area contributed by atoms with E-state index in [-0.39, 0.29) is 25.0 Å². The lowest BCUT2D eigenvalue weighted by molar-refractivity contribution is -0.164. The zero-order valence-corrected chi connectivity index (χ0v) is 18.7. The Hall–Kier alpha value is -2.25. The second-order valence-electron chi connectivity index (χ2n) is 8.13. The maximum atomic E-state index is 13.7. The van der Waals surface area contributed by atoms with E-state index >= 15 is 0 Å². The third-order valence-electron chi connectivity index (χ3n) is 6.81. The van der Waals surface area contributed by atoms with E-state index in [0.29, 0.717) is 29.2 Å². The fourth-order valence-electron chi connectivity index (χ4n) is 4.97. The first-order valence-corrected chi connectivity index (χ1v) is 11.8. The van der Waals surface area contributed by atoms with Crippen LogP contribution in [0.2, 0.25) is 0 Å². The summed E-state index contributed by atoms with van der Waals surface area (Å²) in [6, 6.07) is 5.48. The van der Waals surface area contributed by atoms with Crippen molar-refractivity contribution in [1.29, 1.82) is 5.26 Å². The lowest BCUT2D eigenvalue weighted by atomic mass is 9.75. The van der Waals surface area contributed by atoms with Crippen molar-refractivity contribution in [3.63, 3.8) is 0 Å². The Balaban J connectivity index is 1.75. The van der Waals surface area contributed by atoms with Crippen molar-refractivity contribution >= 4 is 33.4 Å². The molecule has 4 fully saturated rings. The predicted molar refractivity (Wildman–Crippen MR) is 111 cm³/mol. The molecule has 4 atom stereocenters. The van der Waals surface area contributed by atoms with Crippen molar-refractivity contribution in [2.45, 2.75) is 42.5 Å². The number of likely N-dealkylation sites (N-methyl/N-ethyl adjacent to an activating group) is 1. The Labute approximate surface area is 182 Å². The Morgan fingerprint density at radius 3 is 2.73 bits per heavy atom. The van der Waals surface area contributed by atoms with Gasteiger partial charge < -0.3 is 24.0 Å². The summed E-state index contributed by atoms with van der Waals surface area (Å²) < 4.78 is 16.6. The summed E-state index contributed by atoms with van der Waals surface area (Å²) in [5.41, 5.74) is -0.212. The smallest absolute Gasteiger partial charge is 0.261 e. The van der Waals surface area contributed by atoms with E-state index in [4.69, 9.17) is 14.2 Å². The third kappa shape index (κ3) is 2.10. The van der Waals surface area contributed by atoms with Crippen LogP contribution < -0.4 is 14.2 Å². The number of methoxy groups -OCH3 is 1. The molecule has 0 aromatic heterocycles. The van der Waals surface area contributed by atoms with Gasteiger partial charge in [-0.1, -0.05) is 28.5 Å². The summed E-state index contributed by atoms with van der Waals surface area (Å²) in [6.45, 7) is 3.78. The first-order chi connectivity index (χ1) is 14.3. The molecule has 0 N–H and O–H groups in total. The molecule has 1 spiro atoms. The summed E-state index contributed by atoms with van der Waals surface area (Å²) >= 11 is 0. The molecule has 30 heavy (non-hydrogen) atoms. The molecule has 0 saturated carbocycles. The lowest BCUT2D eigenvalue weighted by Gasteiger charge is -2.57. The highest BCUT2D eigenvalue weighted by Gasteiger charge is 2.75. The highest BCUT2D eigenvalue weighted by Crippen LogP contribution is 2.70. The number of hydrogen-bond donors (Lipinski definition) is 0. The van der Waals surface area contributed by atoms with Gasteiger partial charge in [0.05, 0.1) is 24.6 Å². The zero-order valence-electron chi connectivity index (χ0n) is 17.1. The molecule has 1 aromatic rings. The number of ether oxygens (including phenoxy) is 3. The fraction of sp³-hybridized carbons (Fsp3) is 0.550. The topological polar surface area (TPSA) is 92.1 Å². The number of nitriles is 1. The first kappa shape index (κ1) is 19.7. The number of carbonyl (C=O) groups excluding carboxylic acids is 2. The van der Waals surface area contributed by atoms with Gasteiger partial charge >= 0.3 is 0 Å². The monoisotopic (exact) mass is 447 g/mol. The van der Waals surface area contributed by atoms with Crippen molar-refractivity contribution in [3.05, 3.63) is 17.7 Å². The molecule has 1 aromatic carbocycles. The van der Waals surface area contributed by atoms with Crippen LogP contribution in [0.15, 0.2) is 12.1 Å². The summed E-state index contributed by atoms with van der Waals surface area (Å²) in [7, 11) is 6.01. The molecule has 2 unspecified atom stereocenters. The van der Waals surface area contributed by atoms with E-state index < -0.39 is 21.2 Å². The Bertz CT molecular complexity index is 1030. The zero-order chi connectivity index (χ0) is 21.5. The van der Waals surface area contributed by atoms with E-state index in [1.807, 2.05) is 6.92 Å². The minimum Gasteiger partial charge on any atom is -0.493 e. The van der Waals surface area contributed by atoms with Crippen LogP contribution in [0.3, 0.4) is 0 Å². The minimum atomic E-state index is -1.10. The summed E-state index contributed by atoms with van der Waals surface area (Å²) in [4.78, 5) is 28.3. The van der Waals surface area contributed by atoms with Gasteiger partial charge in [0.1, 0.15) is 0 Å². The quantitative estimate of drug-likeness (QED) is 0.653. The molecule has 6 rings (SSSR count). The standard InChI is InChI=1S/C20H21N3O5S2/c1-5-19(9-21)8-20-17(25)22(3)18(2,29-30-20)16(24)23(20)15(19)11-6-12(26-4)14-13(7-11)27-10-28-14/h6-7,15H,5,8,10H2,1-4H3/t15-,18?,19+,20?/m0/s1. The van der Waals surface area contributed by atoms with Crippen molar-refractivity contribution in [3.8, 4) is 23.3 Å². The van der Waals surface area contributed by atoms with Gasteiger partial charge in [-0.25, -0.2) is 0 Å². The maximum Gasteiger partial charge on any atom is 0.261 e. The molecule has 10 heteroatoms. The SMILES string of the molecule is CC[C@]1(C#N)CC23SSC(C)(C(=O)N2[C@H]1c1cc(OC)c2c(c1)OCO2)N(C)C3=O. The van der Waals surface area contributed by atoms with Crippen LogP contribution in [0.1, 0.15) is 38.3 Å².